The van der Waals surface area contributed by atoms with E-state index in [9.17, 15) is 52.7 Å². The van der Waals surface area contributed by atoms with Crippen molar-refractivity contribution in [3.05, 3.63) is 89.0 Å². The van der Waals surface area contributed by atoms with Crippen LogP contribution in [0.5, 0.6) is 0 Å². The van der Waals surface area contributed by atoms with Crippen LogP contribution in [0.2, 0.25) is 0 Å². The summed E-state index contributed by atoms with van der Waals surface area (Å²) < 4.78 is 160. The normalized spacial score (nSPS) is 13.1. The molecule has 0 aliphatic carbocycles. The number of hydrogen-bond acceptors (Lipinski definition) is 1. The molecule has 0 aliphatic heterocycles. The van der Waals surface area contributed by atoms with E-state index in [1.807, 2.05) is 0 Å². The predicted molar refractivity (Wildman–Crippen MR) is 101 cm³/mol. The first kappa shape index (κ1) is 26.2. The highest BCUT2D eigenvalue weighted by Crippen LogP contribution is 2.45. The lowest BCUT2D eigenvalue weighted by atomic mass is 10.0. The van der Waals surface area contributed by atoms with Gasteiger partial charge in [-0.1, -0.05) is 18.2 Å². The molecule has 3 aromatic carbocycles. The number of hydrogen-bond donors (Lipinski definition) is 0. The van der Waals surface area contributed by atoms with Gasteiger partial charge in [0.1, 0.15) is 0 Å². The standard InChI is InChI=1S/C22H11F12N/c23-19(24,25)12-6-13(20(26,27)28)9-17(8-12)35(16-4-2-1-3-5-16)18-10-14(21(29,30)31)7-15(11-18)22(32,33)34/h1-11H. The van der Waals surface area contributed by atoms with Gasteiger partial charge in [0, 0.05) is 17.1 Å². The Kier molecular flexibility index (Phi) is 6.51. The summed E-state index contributed by atoms with van der Waals surface area (Å²) in [6.07, 6.45) is -21.2. The van der Waals surface area contributed by atoms with Crippen LogP contribution in [-0.4, -0.2) is 0 Å². The van der Waals surface area contributed by atoms with Crippen LogP contribution in [0.25, 0.3) is 0 Å². The molecule has 3 aromatic rings. The summed E-state index contributed by atoms with van der Waals surface area (Å²) in [5.41, 5.74) is -9.39. The maximum atomic E-state index is 13.4. The molecule has 0 radical (unpaired) electrons. The molecule has 0 fully saturated rings. The van der Waals surface area contributed by atoms with Crippen LogP contribution in [0.15, 0.2) is 66.7 Å². The van der Waals surface area contributed by atoms with Crippen LogP contribution in [0.3, 0.4) is 0 Å². The predicted octanol–water partition coefficient (Wildman–Crippen LogP) is 9.23. The van der Waals surface area contributed by atoms with E-state index in [4.69, 9.17) is 0 Å². The Labute approximate surface area is 189 Å². The van der Waals surface area contributed by atoms with Crippen LogP contribution >= 0.6 is 0 Å². The molecule has 0 heterocycles. The summed E-state index contributed by atoms with van der Waals surface area (Å²) in [4.78, 5) is 0.453. The van der Waals surface area contributed by atoms with Crippen molar-refractivity contribution < 1.29 is 52.7 Å². The van der Waals surface area contributed by atoms with Gasteiger partial charge in [-0.15, -0.1) is 0 Å². The van der Waals surface area contributed by atoms with Gasteiger partial charge >= 0.3 is 24.7 Å². The fourth-order valence-electron chi connectivity index (χ4n) is 3.16. The molecule has 0 amide bonds. The average Bonchev–Trinajstić information content (AvgIpc) is 2.72. The summed E-state index contributed by atoms with van der Waals surface area (Å²) in [5, 5.41) is 0. The Morgan fingerprint density at radius 1 is 0.371 bits per heavy atom. The van der Waals surface area contributed by atoms with Crippen molar-refractivity contribution in [2.75, 3.05) is 4.90 Å². The first-order valence-corrected chi connectivity index (χ1v) is 9.31. The topological polar surface area (TPSA) is 3.24 Å². The number of nitrogens with zero attached hydrogens (tertiary/aromatic N) is 1. The molecule has 0 aromatic heterocycles. The van der Waals surface area contributed by atoms with E-state index in [2.05, 4.69) is 0 Å². The summed E-state index contributed by atoms with van der Waals surface area (Å²) in [6, 6.07) is 6.47. The van der Waals surface area contributed by atoms with Crippen LogP contribution in [-0.2, 0) is 24.7 Å². The van der Waals surface area contributed by atoms with E-state index in [0.717, 1.165) is 12.1 Å². The van der Waals surface area contributed by atoms with Gasteiger partial charge in [0.05, 0.1) is 22.3 Å². The van der Waals surface area contributed by atoms with E-state index in [1.54, 1.807) is 0 Å². The highest BCUT2D eigenvalue weighted by atomic mass is 19.4. The van der Waals surface area contributed by atoms with Gasteiger partial charge in [-0.05, 0) is 48.5 Å². The lowest BCUT2D eigenvalue weighted by Crippen LogP contribution is -2.18. The molecule has 13 heteroatoms. The number of halogens is 12. The zero-order valence-corrected chi connectivity index (χ0v) is 16.8. The lowest BCUT2D eigenvalue weighted by molar-refractivity contribution is -0.144. The maximum Gasteiger partial charge on any atom is 0.416 e. The Hall–Kier alpha value is -3.38. The van der Waals surface area contributed by atoms with E-state index in [1.165, 1.54) is 18.2 Å². The van der Waals surface area contributed by atoms with Crippen molar-refractivity contribution >= 4 is 17.1 Å². The quantitative estimate of drug-likeness (QED) is 0.313. The fourth-order valence-corrected chi connectivity index (χ4v) is 3.16. The second-order valence-electron chi connectivity index (χ2n) is 7.20. The molecule has 3 rings (SSSR count). The second-order valence-corrected chi connectivity index (χ2v) is 7.20. The molecule has 0 spiro atoms. The molecule has 0 atom stereocenters. The van der Waals surface area contributed by atoms with E-state index >= 15 is 0 Å². The number of benzene rings is 3. The van der Waals surface area contributed by atoms with Crippen LogP contribution in [0.1, 0.15) is 22.3 Å². The second kappa shape index (κ2) is 8.68. The molecule has 35 heavy (non-hydrogen) atoms. The lowest BCUT2D eigenvalue weighted by Gasteiger charge is -2.28. The molecule has 0 N–H and O–H groups in total. The Morgan fingerprint density at radius 3 is 0.914 bits per heavy atom. The third-order valence-corrected chi connectivity index (χ3v) is 4.68. The van der Waals surface area contributed by atoms with Crippen molar-refractivity contribution in [3.63, 3.8) is 0 Å². The molecule has 1 nitrogen and oxygen atoms in total. The third-order valence-electron chi connectivity index (χ3n) is 4.68. The summed E-state index contributed by atoms with van der Waals surface area (Å²) in [7, 11) is 0. The van der Waals surface area contributed by atoms with Crippen LogP contribution in [0, 0.1) is 0 Å². The van der Waals surface area contributed by atoms with Crippen molar-refractivity contribution in [2.45, 2.75) is 24.7 Å². The molecule has 0 unspecified atom stereocenters. The SMILES string of the molecule is FC(F)(F)c1cc(N(c2ccccc2)c2cc(C(F)(F)F)cc(C(F)(F)F)c2)cc(C(F)(F)F)c1. The molecule has 0 aliphatic rings. The molecule has 0 saturated heterocycles. The van der Waals surface area contributed by atoms with Crippen molar-refractivity contribution in [1.29, 1.82) is 0 Å². The van der Waals surface area contributed by atoms with Crippen LogP contribution < -0.4 is 4.90 Å². The number of alkyl halides is 12. The van der Waals surface area contributed by atoms with Crippen molar-refractivity contribution in [3.8, 4) is 0 Å². The average molecular weight is 517 g/mol. The summed E-state index contributed by atoms with van der Waals surface area (Å²) >= 11 is 0. The van der Waals surface area contributed by atoms with E-state index in [0.29, 0.717) is 4.90 Å². The first-order chi connectivity index (χ1) is 15.9. The van der Waals surface area contributed by atoms with Gasteiger partial charge in [0.15, 0.2) is 0 Å². The van der Waals surface area contributed by atoms with Gasteiger partial charge in [0.25, 0.3) is 0 Å². The number of para-hydroxylation sites is 1. The number of anilines is 3. The van der Waals surface area contributed by atoms with Gasteiger partial charge in [-0.3, -0.25) is 0 Å². The molecular formula is C22H11F12N. The fraction of sp³-hybridized carbons (Fsp3) is 0.182. The Morgan fingerprint density at radius 2 is 0.657 bits per heavy atom. The van der Waals surface area contributed by atoms with Crippen molar-refractivity contribution in [1.82, 2.24) is 0 Å². The Balaban J connectivity index is 2.40. The van der Waals surface area contributed by atoms with E-state index < -0.39 is 58.3 Å². The molecule has 0 saturated carbocycles. The largest absolute Gasteiger partial charge is 0.416 e. The smallest absolute Gasteiger partial charge is 0.310 e. The van der Waals surface area contributed by atoms with Crippen LogP contribution in [0.4, 0.5) is 69.7 Å². The van der Waals surface area contributed by atoms with E-state index in [-0.39, 0.29) is 42.1 Å². The minimum Gasteiger partial charge on any atom is -0.310 e. The highest BCUT2D eigenvalue weighted by Gasteiger charge is 2.40. The minimum absolute atomic E-state index is 0.204. The van der Waals surface area contributed by atoms with Gasteiger partial charge in [-0.25, -0.2) is 0 Å². The van der Waals surface area contributed by atoms with Gasteiger partial charge in [0.2, 0.25) is 0 Å². The third kappa shape index (κ3) is 6.01. The first-order valence-electron chi connectivity index (χ1n) is 9.31. The molecular weight excluding hydrogens is 506 g/mol. The number of rotatable bonds is 3. The van der Waals surface area contributed by atoms with Gasteiger partial charge < -0.3 is 4.90 Å². The Bertz CT molecular complexity index is 1050. The monoisotopic (exact) mass is 517 g/mol. The minimum atomic E-state index is -5.30. The highest BCUT2D eigenvalue weighted by molar-refractivity contribution is 5.78. The van der Waals surface area contributed by atoms with Gasteiger partial charge in [-0.2, -0.15) is 52.7 Å². The maximum absolute atomic E-state index is 13.4. The summed E-state index contributed by atoms with van der Waals surface area (Å²) in [6.45, 7) is 0. The summed E-state index contributed by atoms with van der Waals surface area (Å²) in [5.74, 6) is 0. The molecule has 188 valence electrons. The van der Waals surface area contributed by atoms with Crippen molar-refractivity contribution in [2.24, 2.45) is 0 Å². The zero-order chi connectivity index (χ0) is 26.4. The molecule has 0 bridgehead atoms. The zero-order valence-electron chi connectivity index (χ0n) is 16.8.